The highest BCUT2D eigenvalue weighted by Gasteiger charge is 2.11. The molecule has 0 radical (unpaired) electrons. The fourth-order valence-corrected chi connectivity index (χ4v) is 2.12. The van der Waals surface area contributed by atoms with Crippen LogP contribution in [-0.2, 0) is 6.54 Å². The summed E-state index contributed by atoms with van der Waals surface area (Å²) in [6.45, 7) is 12.0. The SMILES string of the molecule is CNCC(CNCc1ccc(C)c(C)c1)C(C)C. The highest BCUT2D eigenvalue weighted by atomic mass is 14.9. The normalized spacial score (nSPS) is 13.0. The van der Waals surface area contributed by atoms with Crippen molar-refractivity contribution >= 4 is 0 Å². The van der Waals surface area contributed by atoms with Crippen molar-refractivity contribution in [1.29, 1.82) is 0 Å². The predicted molar refractivity (Wildman–Crippen MR) is 79.9 cm³/mol. The maximum absolute atomic E-state index is 3.57. The van der Waals surface area contributed by atoms with E-state index in [4.69, 9.17) is 0 Å². The van der Waals surface area contributed by atoms with Crippen molar-refractivity contribution in [3.8, 4) is 0 Å². The lowest BCUT2D eigenvalue weighted by molar-refractivity contribution is 0.352. The van der Waals surface area contributed by atoms with E-state index in [2.05, 4.69) is 56.5 Å². The molecule has 1 atom stereocenters. The van der Waals surface area contributed by atoms with Gasteiger partial charge in [0.15, 0.2) is 0 Å². The fourth-order valence-electron chi connectivity index (χ4n) is 2.12. The van der Waals surface area contributed by atoms with Crippen LogP contribution in [0.15, 0.2) is 18.2 Å². The van der Waals surface area contributed by atoms with Crippen molar-refractivity contribution in [2.75, 3.05) is 20.1 Å². The minimum Gasteiger partial charge on any atom is -0.319 e. The second kappa shape index (κ2) is 7.55. The van der Waals surface area contributed by atoms with Crippen LogP contribution >= 0.6 is 0 Å². The van der Waals surface area contributed by atoms with E-state index >= 15 is 0 Å². The molecule has 102 valence electrons. The fraction of sp³-hybridized carbons (Fsp3) is 0.625. The molecule has 18 heavy (non-hydrogen) atoms. The molecular formula is C16H28N2. The van der Waals surface area contributed by atoms with Gasteiger partial charge < -0.3 is 10.6 Å². The number of benzene rings is 1. The maximum Gasteiger partial charge on any atom is 0.0205 e. The van der Waals surface area contributed by atoms with Gasteiger partial charge in [-0.25, -0.2) is 0 Å². The number of hydrogen-bond donors (Lipinski definition) is 2. The van der Waals surface area contributed by atoms with Gasteiger partial charge in [-0.05, 0) is 62.5 Å². The van der Waals surface area contributed by atoms with E-state index in [9.17, 15) is 0 Å². The third kappa shape index (κ3) is 4.79. The number of aryl methyl sites for hydroxylation is 2. The Hall–Kier alpha value is -0.860. The van der Waals surface area contributed by atoms with Gasteiger partial charge in [0.1, 0.15) is 0 Å². The zero-order valence-electron chi connectivity index (χ0n) is 12.5. The van der Waals surface area contributed by atoms with Crippen LogP contribution in [0, 0.1) is 25.7 Å². The Balaban J connectivity index is 2.42. The van der Waals surface area contributed by atoms with E-state index in [1.807, 2.05) is 7.05 Å². The zero-order valence-corrected chi connectivity index (χ0v) is 12.5. The van der Waals surface area contributed by atoms with Crippen molar-refractivity contribution < 1.29 is 0 Å². The lowest BCUT2D eigenvalue weighted by Gasteiger charge is -2.21. The number of rotatable bonds is 7. The minimum absolute atomic E-state index is 0.696. The van der Waals surface area contributed by atoms with E-state index in [0.717, 1.165) is 19.6 Å². The molecular weight excluding hydrogens is 220 g/mol. The molecule has 2 N–H and O–H groups in total. The largest absolute Gasteiger partial charge is 0.319 e. The third-order valence-electron chi connectivity index (χ3n) is 3.72. The summed E-state index contributed by atoms with van der Waals surface area (Å²) in [6, 6.07) is 6.71. The summed E-state index contributed by atoms with van der Waals surface area (Å²) in [5.41, 5.74) is 4.13. The molecule has 0 aliphatic carbocycles. The van der Waals surface area contributed by atoms with Crippen LogP contribution in [0.3, 0.4) is 0 Å². The van der Waals surface area contributed by atoms with Gasteiger partial charge in [-0.3, -0.25) is 0 Å². The monoisotopic (exact) mass is 248 g/mol. The Morgan fingerprint density at radius 1 is 1.06 bits per heavy atom. The summed E-state index contributed by atoms with van der Waals surface area (Å²) >= 11 is 0. The van der Waals surface area contributed by atoms with E-state index in [1.165, 1.54) is 16.7 Å². The molecule has 1 rings (SSSR count). The van der Waals surface area contributed by atoms with Crippen LogP contribution in [0.25, 0.3) is 0 Å². The number of hydrogen-bond acceptors (Lipinski definition) is 2. The molecule has 2 nitrogen and oxygen atoms in total. The first-order chi connectivity index (χ1) is 8.54. The second-order valence-electron chi connectivity index (χ2n) is 5.61. The van der Waals surface area contributed by atoms with Gasteiger partial charge in [0, 0.05) is 6.54 Å². The molecule has 0 fully saturated rings. The summed E-state index contributed by atoms with van der Waals surface area (Å²) < 4.78 is 0. The molecule has 0 heterocycles. The molecule has 0 saturated carbocycles. The van der Waals surface area contributed by atoms with Crippen LogP contribution in [-0.4, -0.2) is 20.1 Å². The zero-order chi connectivity index (χ0) is 13.5. The molecule has 0 amide bonds. The second-order valence-corrected chi connectivity index (χ2v) is 5.61. The molecule has 0 aromatic heterocycles. The van der Waals surface area contributed by atoms with Gasteiger partial charge in [-0.15, -0.1) is 0 Å². The van der Waals surface area contributed by atoms with Crippen molar-refractivity contribution in [1.82, 2.24) is 10.6 Å². The smallest absolute Gasteiger partial charge is 0.0205 e. The summed E-state index contributed by atoms with van der Waals surface area (Å²) in [5, 5.41) is 6.85. The maximum atomic E-state index is 3.57. The molecule has 0 aliphatic heterocycles. The Morgan fingerprint density at radius 3 is 2.33 bits per heavy atom. The van der Waals surface area contributed by atoms with Crippen molar-refractivity contribution in [3.05, 3.63) is 34.9 Å². The topological polar surface area (TPSA) is 24.1 Å². The molecule has 0 bridgehead atoms. The standard InChI is InChI=1S/C16H28N2/c1-12(2)16(10-17-5)11-18-9-15-7-6-13(3)14(4)8-15/h6-8,12,16-18H,9-11H2,1-5H3. The first kappa shape index (κ1) is 15.2. The quantitative estimate of drug-likeness (QED) is 0.775. The average molecular weight is 248 g/mol. The molecule has 0 spiro atoms. The van der Waals surface area contributed by atoms with Gasteiger partial charge in [0.2, 0.25) is 0 Å². The minimum atomic E-state index is 0.696. The lowest BCUT2D eigenvalue weighted by atomic mass is 9.95. The Kier molecular flexibility index (Phi) is 6.37. The first-order valence-corrected chi connectivity index (χ1v) is 6.96. The van der Waals surface area contributed by atoms with Gasteiger partial charge in [0.05, 0.1) is 0 Å². The Bertz CT molecular complexity index is 358. The van der Waals surface area contributed by atoms with E-state index < -0.39 is 0 Å². The van der Waals surface area contributed by atoms with Gasteiger partial charge in [-0.1, -0.05) is 32.0 Å². The summed E-state index contributed by atoms with van der Waals surface area (Å²) in [7, 11) is 2.03. The van der Waals surface area contributed by atoms with Gasteiger partial charge in [-0.2, -0.15) is 0 Å². The van der Waals surface area contributed by atoms with Crippen LogP contribution < -0.4 is 10.6 Å². The van der Waals surface area contributed by atoms with E-state index in [1.54, 1.807) is 0 Å². The molecule has 1 unspecified atom stereocenters. The highest BCUT2D eigenvalue weighted by molar-refractivity contribution is 5.29. The molecule has 0 aliphatic rings. The lowest BCUT2D eigenvalue weighted by Crippen LogP contribution is -2.32. The summed E-state index contributed by atoms with van der Waals surface area (Å²) in [4.78, 5) is 0. The average Bonchev–Trinajstić information content (AvgIpc) is 2.32. The number of nitrogens with one attached hydrogen (secondary N) is 2. The third-order valence-corrected chi connectivity index (χ3v) is 3.72. The van der Waals surface area contributed by atoms with Crippen LogP contribution in [0.1, 0.15) is 30.5 Å². The van der Waals surface area contributed by atoms with Crippen molar-refractivity contribution in [3.63, 3.8) is 0 Å². The Labute approximate surface area is 112 Å². The van der Waals surface area contributed by atoms with E-state index in [-0.39, 0.29) is 0 Å². The summed E-state index contributed by atoms with van der Waals surface area (Å²) in [5.74, 6) is 1.41. The van der Waals surface area contributed by atoms with Crippen molar-refractivity contribution in [2.24, 2.45) is 11.8 Å². The molecule has 2 heteroatoms. The first-order valence-electron chi connectivity index (χ1n) is 6.96. The molecule has 1 aromatic rings. The molecule has 1 aromatic carbocycles. The van der Waals surface area contributed by atoms with Gasteiger partial charge in [0.25, 0.3) is 0 Å². The van der Waals surface area contributed by atoms with Crippen LogP contribution in [0.5, 0.6) is 0 Å². The van der Waals surface area contributed by atoms with Crippen molar-refractivity contribution in [2.45, 2.75) is 34.2 Å². The molecule has 0 saturated heterocycles. The van der Waals surface area contributed by atoms with Gasteiger partial charge >= 0.3 is 0 Å². The predicted octanol–water partition coefficient (Wildman–Crippen LogP) is 2.88. The summed E-state index contributed by atoms with van der Waals surface area (Å²) in [6.07, 6.45) is 0. The van der Waals surface area contributed by atoms with Crippen LogP contribution in [0.2, 0.25) is 0 Å². The Morgan fingerprint density at radius 2 is 1.78 bits per heavy atom. The van der Waals surface area contributed by atoms with E-state index in [0.29, 0.717) is 11.8 Å². The van der Waals surface area contributed by atoms with Crippen LogP contribution in [0.4, 0.5) is 0 Å². The highest BCUT2D eigenvalue weighted by Crippen LogP contribution is 2.11.